The van der Waals surface area contributed by atoms with Crippen molar-refractivity contribution in [2.24, 2.45) is 11.8 Å². The molecule has 2 N–H and O–H groups in total. The summed E-state index contributed by atoms with van der Waals surface area (Å²) in [6.45, 7) is 11.9. The van der Waals surface area contributed by atoms with E-state index in [1.165, 1.54) is 6.42 Å². The van der Waals surface area contributed by atoms with Crippen molar-refractivity contribution in [3.05, 3.63) is 40.8 Å². The van der Waals surface area contributed by atoms with E-state index in [0.717, 1.165) is 49.7 Å². The number of anilines is 2. The van der Waals surface area contributed by atoms with Gasteiger partial charge in [0.25, 0.3) is 0 Å². The third-order valence-electron chi connectivity index (χ3n) is 6.56. The van der Waals surface area contributed by atoms with Crippen LogP contribution in [0.2, 0.25) is 0 Å². The Morgan fingerprint density at radius 3 is 2.67 bits per heavy atom. The number of esters is 1. The number of H-pyrrole nitrogens is 1. The number of halogens is 1. The van der Waals surface area contributed by atoms with Crippen LogP contribution < -0.4 is 5.32 Å². The normalized spacial score (nSPS) is 24.4. The van der Waals surface area contributed by atoms with Crippen molar-refractivity contribution < 1.29 is 22.9 Å². The van der Waals surface area contributed by atoms with Crippen molar-refractivity contribution in [2.45, 2.75) is 83.8 Å². The fourth-order valence-electron chi connectivity index (χ4n) is 4.46. The molecule has 1 aromatic carbocycles. The summed E-state index contributed by atoms with van der Waals surface area (Å²) in [7, 11) is -1.02. The monoisotopic (exact) mass is 521 g/mol. The molecule has 1 aromatic heterocycles. The molecule has 200 valence electrons. The molecule has 36 heavy (non-hydrogen) atoms. The fourth-order valence-corrected chi connectivity index (χ4v) is 5.82. The zero-order valence-electron chi connectivity index (χ0n) is 22.1. The van der Waals surface area contributed by atoms with Crippen LogP contribution in [-0.4, -0.2) is 39.7 Å². The number of aromatic amines is 1. The third kappa shape index (κ3) is 7.38. The van der Waals surface area contributed by atoms with Gasteiger partial charge in [-0.15, -0.1) is 0 Å². The first-order valence-corrected chi connectivity index (χ1v) is 14.5. The van der Waals surface area contributed by atoms with Gasteiger partial charge in [0, 0.05) is 53.0 Å². The van der Waals surface area contributed by atoms with E-state index in [9.17, 15) is 13.4 Å². The maximum Gasteiger partial charge on any atom is 0.308 e. The minimum absolute atomic E-state index is 0.0605. The van der Waals surface area contributed by atoms with E-state index in [1.54, 1.807) is 6.07 Å². The number of hydrogen-bond acceptors (Lipinski definition) is 6. The fraction of sp³-hybridized carbons (Fsp3) is 0.630. The van der Waals surface area contributed by atoms with E-state index >= 15 is 0 Å². The molecule has 0 bridgehead atoms. The maximum atomic E-state index is 14.7. The molecule has 2 fully saturated rings. The Hall–Kier alpha value is -2.26. The van der Waals surface area contributed by atoms with E-state index in [1.807, 2.05) is 39.8 Å². The van der Waals surface area contributed by atoms with E-state index in [4.69, 9.17) is 9.47 Å². The Morgan fingerprint density at radius 1 is 1.25 bits per heavy atom. The predicted octanol–water partition coefficient (Wildman–Crippen LogP) is 5.96. The Bertz CT molecular complexity index is 1040. The van der Waals surface area contributed by atoms with Gasteiger partial charge in [0.1, 0.15) is 6.10 Å². The minimum atomic E-state index is -1.02. The van der Waals surface area contributed by atoms with Gasteiger partial charge in [-0.2, -0.15) is 5.10 Å². The predicted molar refractivity (Wildman–Crippen MR) is 141 cm³/mol. The highest BCUT2D eigenvalue weighted by Crippen LogP contribution is 2.37. The SMILES string of the molecule is CC.CC(C)C(=O)OC1CCC(c2cc(Nc3ccc4c(c3F)CS(=O)C4)n[nH]2)C1.CC1CCOC1. The standard InChI is InChI=1S/C20H24FN3O3S.C5H10O.C2H6/c1-11(2)20(25)27-14-5-3-12(7-14)17-8-18(24-23-17)22-16-6-4-13-9-28(26)10-15(13)19(16)21;1-5-2-3-6-4-5;1-2/h4,6,8,11-12,14H,3,5,7,9-10H2,1-2H3,(H2,22,23,24);5H,2-4H2,1H3;1-2H3. The first kappa shape index (κ1) is 28.3. The van der Waals surface area contributed by atoms with Crippen LogP contribution in [0.4, 0.5) is 15.9 Å². The molecule has 1 saturated carbocycles. The van der Waals surface area contributed by atoms with E-state index in [-0.39, 0.29) is 35.5 Å². The highest BCUT2D eigenvalue weighted by molar-refractivity contribution is 7.83. The molecule has 7 nitrogen and oxygen atoms in total. The van der Waals surface area contributed by atoms with Crippen LogP contribution >= 0.6 is 0 Å². The molecule has 1 aliphatic carbocycles. The van der Waals surface area contributed by atoms with Crippen LogP contribution in [-0.2, 0) is 36.6 Å². The van der Waals surface area contributed by atoms with Crippen molar-refractivity contribution in [3.63, 3.8) is 0 Å². The lowest BCUT2D eigenvalue weighted by molar-refractivity contribution is -0.152. The van der Waals surface area contributed by atoms with Crippen molar-refractivity contribution in [3.8, 4) is 0 Å². The van der Waals surface area contributed by atoms with Gasteiger partial charge in [0.2, 0.25) is 0 Å². The molecule has 2 aromatic rings. The molecule has 4 unspecified atom stereocenters. The average molecular weight is 522 g/mol. The average Bonchev–Trinajstić information content (AvgIpc) is 3.65. The molecule has 9 heteroatoms. The third-order valence-corrected chi connectivity index (χ3v) is 7.80. The highest BCUT2D eigenvalue weighted by atomic mass is 32.2. The molecular formula is C27H40FN3O4S. The number of nitrogens with zero attached hydrogens (tertiary/aromatic N) is 1. The number of aromatic nitrogens is 2. The Morgan fingerprint density at radius 2 is 2.03 bits per heavy atom. The Labute approximate surface area is 216 Å². The summed E-state index contributed by atoms with van der Waals surface area (Å²) in [5.74, 6) is 1.65. The Kier molecular flexibility index (Phi) is 10.5. The van der Waals surface area contributed by atoms with Gasteiger partial charge in [-0.05, 0) is 43.2 Å². The van der Waals surface area contributed by atoms with Crippen LogP contribution in [0.5, 0.6) is 0 Å². The lowest BCUT2D eigenvalue weighted by atomic mass is 10.0. The van der Waals surface area contributed by atoms with Crippen LogP contribution in [0.25, 0.3) is 0 Å². The van der Waals surface area contributed by atoms with Crippen molar-refractivity contribution in [2.75, 3.05) is 18.5 Å². The molecule has 3 aliphatic rings. The number of ether oxygens (including phenoxy) is 2. The van der Waals surface area contributed by atoms with Crippen molar-refractivity contribution in [1.82, 2.24) is 10.2 Å². The van der Waals surface area contributed by atoms with Crippen LogP contribution in [0.1, 0.15) is 83.0 Å². The van der Waals surface area contributed by atoms with Gasteiger partial charge in [0.05, 0.1) is 17.4 Å². The second kappa shape index (κ2) is 13.3. The lowest BCUT2D eigenvalue weighted by Crippen LogP contribution is -2.19. The number of carbonyl (C=O) groups excluding carboxylic acids is 1. The van der Waals surface area contributed by atoms with Gasteiger partial charge in [-0.1, -0.05) is 40.7 Å². The highest BCUT2D eigenvalue weighted by Gasteiger charge is 2.30. The minimum Gasteiger partial charge on any atom is -0.462 e. The molecule has 3 heterocycles. The van der Waals surface area contributed by atoms with Crippen LogP contribution in [0, 0.1) is 17.7 Å². The second-order valence-electron chi connectivity index (χ2n) is 9.82. The smallest absolute Gasteiger partial charge is 0.308 e. The summed E-state index contributed by atoms with van der Waals surface area (Å²) < 4.78 is 37.0. The summed E-state index contributed by atoms with van der Waals surface area (Å²) in [6.07, 6.45) is 3.71. The summed E-state index contributed by atoms with van der Waals surface area (Å²) in [5, 5.41) is 10.3. The van der Waals surface area contributed by atoms with Crippen LogP contribution in [0.15, 0.2) is 18.2 Å². The van der Waals surface area contributed by atoms with E-state index in [0.29, 0.717) is 22.8 Å². The molecular weight excluding hydrogens is 481 g/mol. The summed E-state index contributed by atoms with van der Waals surface area (Å²) in [4.78, 5) is 11.8. The molecule has 4 atom stereocenters. The number of nitrogens with one attached hydrogen (secondary N) is 2. The number of rotatable bonds is 5. The zero-order valence-corrected chi connectivity index (χ0v) is 22.9. The largest absolute Gasteiger partial charge is 0.462 e. The molecule has 5 rings (SSSR count). The quantitative estimate of drug-likeness (QED) is 0.472. The number of carbonyl (C=O) groups is 1. The topological polar surface area (TPSA) is 93.3 Å². The van der Waals surface area contributed by atoms with Crippen LogP contribution in [0.3, 0.4) is 0 Å². The first-order valence-electron chi connectivity index (χ1n) is 13.1. The van der Waals surface area contributed by atoms with Crippen molar-refractivity contribution in [1.29, 1.82) is 0 Å². The second-order valence-corrected chi connectivity index (χ2v) is 11.3. The van der Waals surface area contributed by atoms with Gasteiger partial charge in [0.15, 0.2) is 11.6 Å². The van der Waals surface area contributed by atoms with E-state index < -0.39 is 10.8 Å². The molecule has 2 aliphatic heterocycles. The van der Waals surface area contributed by atoms with Gasteiger partial charge < -0.3 is 14.8 Å². The lowest BCUT2D eigenvalue weighted by Gasteiger charge is -2.13. The summed E-state index contributed by atoms with van der Waals surface area (Å²) >= 11 is 0. The summed E-state index contributed by atoms with van der Waals surface area (Å²) in [5.41, 5.74) is 2.64. The number of benzene rings is 1. The molecule has 0 radical (unpaired) electrons. The first-order chi connectivity index (χ1) is 17.3. The van der Waals surface area contributed by atoms with Gasteiger partial charge in [-0.3, -0.25) is 14.1 Å². The summed E-state index contributed by atoms with van der Waals surface area (Å²) in [6, 6.07) is 5.37. The van der Waals surface area contributed by atoms with E-state index in [2.05, 4.69) is 22.4 Å². The van der Waals surface area contributed by atoms with Crippen molar-refractivity contribution >= 4 is 28.3 Å². The molecule has 0 spiro atoms. The Balaban J connectivity index is 0.000000390. The zero-order chi connectivity index (χ0) is 26.2. The number of hydrogen-bond donors (Lipinski definition) is 2. The molecule has 1 saturated heterocycles. The number of fused-ring (bicyclic) bond motifs is 1. The maximum absolute atomic E-state index is 14.7. The van der Waals surface area contributed by atoms with Gasteiger partial charge >= 0.3 is 5.97 Å². The van der Waals surface area contributed by atoms with Gasteiger partial charge in [-0.25, -0.2) is 4.39 Å². The molecule has 0 amide bonds.